The quantitative estimate of drug-likeness (QED) is 0.755. The van der Waals surface area contributed by atoms with Crippen molar-refractivity contribution in [3.05, 3.63) is 44.8 Å². The highest BCUT2D eigenvalue weighted by Crippen LogP contribution is 2.23. The van der Waals surface area contributed by atoms with E-state index in [1.165, 1.54) is 23.5 Å². The molecule has 110 valence electrons. The van der Waals surface area contributed by atoms with Crippen LogP contribution in [0.15, 0.2) is 34.2 Å². The number of thiazole rings is 1. The number of hydrogen-bond acceptors (Lipinski definition) is 4. The van der Waals surface area contributed by atoms with E-state index in [-0.39, 0.29) is 5.56 Å². The summed E-state index contributed by atoms with van der Waals surface area (Å²) in [7, 11) is 0. The van der Waals surface area contributed by atoms with Gasteiger partial charge >= 0.3 is 12.0 Å². The summed E-state index contributed by atoms with van der Waals surface area (Å²) in [6.07, 6.45) is 2.37. The molecule has 0 bridgehead atoms. The smallest absolute Gasteiger partial charge is 0.335 e. The molecular formula is C13H12BrN3O3S. The number of benzene rings is 1. The van der Waals surface area contributed by atoms with Gasteiger partial charge in [0.05, 0.1) is 16.3 Å². The van der Waals surface area contributed by atoms with Crippen LogP contribution >= 0.6 is 27.3 Å². The summed E-state index contributed by atoms with van der Waals surface area (Å²) in [5, 5.41) is 17.1. The largest absolute Gasteiger partial charge is 0.478 e. The lowest BCUT2D eigenvalue weighted by Crippen LogP contribution is -2.30. The third-order valence-corrected chi connectivity index (χ3v) is 4.10. The van der Waals surface area contributed by atoms with Crippen LogP contribution in [0.3, 0.4) is 0 Å². The molecule has 0 fully saturated rings. The minimum atomic E-state index is -1.05. The average molecular weight is 370 g/mol. The minimum absolute atomic E-state index is 0.108. The number of urea groups is 1. The van der Waals surface area contributed by atoms with Crippen molar-refractivity contribution >= 4 is 45.0 Å². The standard InChI is InChI=1S/C13H12BrN3O3S/c14-9-2-1-8(12(18)19)7-10(9)17-13(20)16-4-3-11-15-5-6-21-11/h1-2,5-7H,3-4H2,(H,18,19)(H2,16,17,20). The van der Waals surface area contributed by atoms with Crippen molar-refractivity contribution in [3.63, 3.8) is 0 Å². The molecule has 0 spiro atoms. The summed E-state index contributed by atoms with van der Waals surface area (Å²) in [6.45, 7) is 0.454. The lowest BCUT2D eigenvalue weighted by molar-refractivity contribution is 0.0697. The highest BCUT2D eigenvalue weighted by molar-refractivity contribution is 9.10. The number of anilines is 1. The summed E-state index contributed by atoms with van der Waals surface area (Å²) in [6, 6.07) is 4.04. The number of nitrogens with zero attached hydrogens (tertiary/aromatic N) is 1. The SMILES string of the molecule is O=C(NCCc1nccs1)Nc1cc(C(=O)O)ccc1Br. The van der Waals surface area contributed by atoms with Gasteiger partial charge in [-0.2, -0.15) is 0 Å². The van der Waals surface area contributed by atoms with Crippen LogP contribution < -0.4 is 10.6 Å². The van der Waals surface area contributed by atoms with Gasteiger partial charge in [0.15, 0.2) is 0 Å². The molecule has 0 atom stereocenters. The van der Waals surface area contributed by atoms with Crippen molar-refractivity contribution in [1.82, 2.24) is 10.3 Å². The Kier molecular flexibility index (Phi) is 5.29. The van der Waals surface area contributed by atoms with Gasteiger partial charge in [0.2, 0.25) is 0 Å². The molecule has 2 aromatic rings. The van der Waals surface area contributed by atoms with Crippen molar-refractivity contribution in [1.29, 1.82) is 0 Å². The second-order valence-corrected chi connectivity index (χ2v) is 5.89. The van der Waals surface area contributed by atoms with Crippen LogP contribution in [0.4, 0.5) is 10.5 Å². The molecule has 0 aliphatic rings. The van der Waals surface area contributed by atoms with Gasteiger partial charge in [-0.3, -0.25) is 0 Å². The maximum atomic E-state index is 11.8. The number of amides is 2. The first-order chi connectivity index (χ1) is 10.1. The topological polar surface area (TPSA) is 91.3 Å². The van der Waals surface area contributed by atoms with Gasteiger partial charge in [-0.05, 0) is 34.1 Å². The van der Waals surface area contributed by atoms with E-state index >= 15 is 0 Å². The highest BCUT2D eigenvalue weighted by Gasteiger charge is 2.09. The number of halogens is 1. The molecule has 6 nitrogen and oxygen atoms in total. The zero-order valence-corrected chi connectivity index (χ0v) is 13.2. The summed E-state index contributed by atoms with van der Waals surface area (Å²) in [5.74, 6) is -1.05. The molecule has 0 aliphatic carbocycles. The van der Waals surface area contributed by atoms with Gasteiger partial charge in [0.1, 0.15) is 0 Å². The molecule has 1 heterocycles. The zero-order chi connectivity index (χ0) is 15.2. The molecular weight excluding hydrogens is 358 g/mol. The van der Waals surface area contributed by atoms with Gasteiger partial charge in [0.25, 0.3) is 0 Å². The first-order valence-corrected chi connectivity index (χ1v) is 7.69. The van der Waals surface area contributed by atoms with Crippen molar-refractivity contribution < 1.29 is 14.7 Å². The number of carbonyl (C=O) groups excluding carboxylic acids is 1. The summed E-state index contributed by atoms with van der Waals surface area (Å²) >= 11 is 4.79. The predicted molar refractivity (Wildman–Crippen MR) is 83.9 cm³/mol. The number of nitrogens with one attached hydrogen (secondary N) is 2. The Morgan fingerprint density at radius 1 is 1.38 bits per heavy atom. The zero-order valence-electron chi connectivity index (χ0n) is 10.8. The lowest BCUT2D eigenvalue weighted by atomic mass is 10.2. The number of aromatic carboxylic acids is 1. The fraction of sp³-hybridized carbons (Fsp3) is 0.154. The predicted octanol–water partition coefficient (Wildman–Crippen LogP) is 2.97. The van der Waals surface area contributed by atoms with Crippen LogP contribution in [0.25, 0.3) is 0 Å². The fourth-order valence-electron chi connectivity index (χ4n) is 1.58. The van der Waals surface area contributed by atoms with Crippen LogP contribution in [0, 0.1) is 0 Å². The van der Waals surface area contributed by atoms with Crippen molar-refractivity contribution in [2.75, 3.05) is 11.9 Å². The maximum absolute atomic E-state index is 11.8. The molecule has 1 aromatic heterocycles. The molecule has 0 radical (unpaired) electrons. The molecule has 0 aliphatic heterocycles. The lowest BCUT2D eigenvalue weighted by Gasteiger charge is -2.09. The Morgan fingerprint density at radius 2 is 2.19 bits per heavy atom. The second kappa shape index (κ2) is 7.19. The molecule has 0 saturated heterocycles. The van der Waals surface area contributed by atoms with E-state index in [2.05, 4.69) is 31.5 Å². The van der Waals surface area contributed by atoms with E-state index in [1.807, 2.05) is 5.38 Å². The third-order valence-electron chi connectivity index (χ3n) is 2.57. The van der Waals surface area contributed by atoms with Crippen LogP contribution in [-0.4, -0.2) is 28.6 Å². The fourth-order valence-corrected chi connectivity index (χ4v) is 2.55. The number of carboxylic acid groups (broad SMARTS) is 1. The monoisotopic (exact) mass is 369 g/mol. The minimum Gasteiger partial charge on any atom is -0.478 e. The van der Waals surface area contributed by atoms with Crippen molar-refractivity contribution in [2.24, 2.45) is 0 Å². The average Bonchev–Trinajstić information content (AvgIpc) is 2.94. The van der Waals surface area contributed by atoms with Gasteiger partial charge in [-0.15, -0.1) is 11.3 Å². The number of carboxylic acids is 1. The van der Waals surface area contributed by atoms with Crippen LogP contribution in [-0.2, 0) is 6.42 Å². The van der Waals surface area contributed by atoms with E-state index in [4.69, 9.17) is 5.11 Å². The Labute approximate surface area is 133 Å². The number of hydrogen-bond donors (Lipinski definition) is 3. The Bertz CT molecular complexity index is 646. The molecule has 8 heteroatoms. The van der Waals surface area contributed by atoms with E-state index in [0.29, 0.717) is 23.1 Å². The Balaban J connectivity index is 1.90. The number of carbonyl (C=O) groups is 2. The van der Waals surface area contributed by atoms with Gasteiger partial charge in [-0.25, -0.2) is 14.6 Å². The Morgan fingerprint density at radius 3 is 2.86 bits per heavy atom. The Hall–Kier alpha value is -1.93. The molecule has 0 unspecified atom stereocenters. The first-order valence-electron chi connectivity index (χ1n) is 6.02. The molecule has 2 rings (SSSR count). The van der Waals surface area contributed by atoms with Crippen LogP contribution in [0.1, 0.15) is 15.4 Å². The van der Waals surface area contributed by atoms with E-state index in [0.717, 1.165) is 5.01 Å². The van der Waals surface area contributed by atoms with E-state index in [9.17, 15) is 9.59 Å². The molecule has 2 amide bonds. The number of rotatable bonds is 5. The molecule has 3 N–H and O–H groups in total. The third kappa shape index (κ3) is 4.54. The van der Waals surface area contributed by atoms with Crippen LogP contribution in [0.5, 0.6) is 0 Å². The van der Waals surface area contributed by atoms with Crippen LogP contribution in [0.2, 0.25) is 0 Å². The van der Waals surface area contributed by atoms with E-state index < -0.39 is 12.0 Å². The van der Waals surface area contributed by atoms with Gasteiger partial charge in [-0.1, -0.05) is 0 Å². The van der Waals surface area contributed by atoms with Gasteiger partial charge in [0, 0.05) is 29.0 Å². The van der Waals surface area contributed by atoms with Gasteiger partial charge < -0.3 is 15.7 Å². The number of aromatic nitrogens is 1. The molecule has 1 aromatic carbocycles. The summed E-state index contributed by atoms with van der Waals surface area (Å²) < 4.78 is 0.613. The second-order valence-electron chi connectivity index (χ2n) is 4.06. The van der Waals surface area contributed by atoms with Crippen molar-refractivity contribution in [3.8, 4) is 0 Å². The molecule has 21 heavy (non-hydrogen) atoms. The molecule has 0 saturated carbocycles. The normalized spacial score (nSPS) is 10.1. The van der Waals surface area contributed by atoms with Crippen molar-refractivity contribution in [2.45, 2.75) is 6.42 Å². The first kappa shape index (κ1) is 15.5. The summed E-state index contributed by atoms with van der Waals surface area (Å²) in [5.41, 5.74) is 0.512. The van der Waals surface area contributed by atoms with E-state index in [1.54, 1.807) is 12.3 Å². The summed E-state index contributed by atoms with van der Waals surface area (Å²) in [4.78, 5) is 26.8. The highest BCUT2D eigenvalue weighted by atomic mass is 79.9. The maximum Gasteiger partial charge on any atom is 0.335 e.